The van der Waals surface area contributed by atoms with E-state index in [9.17, 15) is 14.9 Å². The molecule has 0 aliphatic carbocycles. The monoisotopic (exact) mass is 363 g/mol. The number of hydrogen-bond acceptors (Lipinski definition) is 7. The minimum absolute atomic E-state index is 0.107. The molecule has 0 aliphatic heterocycles. The Morgan fingerprint density at radius 3 is 2.92 bits per heavy atom. The molecular weight excluding hydrogens is 346 g/mol. The summed E-state index contributed by atoms with van der Waals surface area (Å²) < 4.78 is 6.94. The van der Waals surface area contributed by atoms with E-state index >= 15 is 0 Å². The third-order valence-corrected chi connectivity index (χ3v) is 4.18. The number of thioether (sulfide) groups is 1. The first-order valence-corrected chi connectivity index (χ1v) is 8.20. The number of hydrogen-bond donors (Lipinski definition) is 1. The number of benzene rings is 1. The third kappa shape index (κ3) is 4.57. The summed E-state index contributed by atoms with van der Waals surface area (Å²) in [4.78, 5) is 22.4. The van der Waals surface area contributed by atoms with E-state index in [-0.39, 0.29) is 23.1 Å². The molecule has 0 fully saturated rings. The molecule has 1 heterocycles. The molecule has 10 heteroatoms. The van der Waals surface area contributed by atoms with Gasteiger partial charge in [0, 0.05) is 12.6 Å². The van der Waals surface area contributed by atoms with Crippen LogP contribution in [0.25, 0.3) is 0 Å². The maximum Gasteiger partial charge on any atom is 0.273 e. The highest BCUT2D eigenvalue weighted by Gasteiger charge is 2.15. The number of rotatable bonds is 8. The summed E-state index contributed by atoms with van der Waals surface area (Å²) >= 11 is 1.24. The molecule has 0 unspecified atom stereocenters. The van der Waals surface area contributed by atoms with E-state index < -0.39 is 4.92 Å². The van der Waals surface area contributed by atoms with Crippen molar-refractivity contribution in [3.05, 3.63) is 46.8 Å². The van der Waals surface area contributed by atoms with Crippen LogP contribution >= 0.6 is 11.8 Å². The Labute approximate surface area is 148 Å². The molecule has 1 aromatic heterocycles. The van der Waals surface area contributed by atoms with Gasteiger partial charge < -0.3 is 14.6 Å². The Bertz CT molecular complexity index is 805. The molecule has 2 rings (SSSR count). The van der Waals surface area contributed by atoms with Crippen molar-refractivity contribution in [2.45, 2.75) is 18.6 Å². The van der Waals surface area contributed by atoms with Gasteiger partial charge in [-0.15, -0.1) is 16.8 Å². The van der Waals surface area contributed by atoms with E-state index in [4.69, 9.17) is 4.74 Å². The fraction of sp³-hybridized carbons (Fsp3) is 0.267. The zero-order valence-electron chi connectivity index (χ0n) is 13.8. The molecule has 0 radical (unpaired) electrons. The Kier molecular flexibility index (Phi) is 6.12. The number of anilines is 1. The number of nitro groups is 1. The number of methoxy groups -OCH3 is 1. The van der Waals surface area contributed by atoms with Crippen molar-refractivity contribution in [1.82, 2.24) is 14.8 Å². The number of carbonyl (C=O) groups excluding carboxylic acids is 1. The first kappa shape index (κ1) is 18.5. The lowest BCUT2D eigenvalue weighted by Crippen LogP contribution is -2.15. The lowest BCUT2D eigenvalue weighted by Gasteiger charge is -2.10. The minimum Gasteiger partial charge on any atom is -0.494 e. The predicted molar refractivity (Wildman–Crippen MR) is 94.0 cm³/mol. The second kappa shape index (κ2) is 8.29. The van der Waals surface area contributed by atoms with Crippen LogP contribution in [-0.2, 0) is 11.3 Å². The van der Waals surface area contributed by atoms with Gasteiger partial charge in [-0.1, -0.05) is 17.8 Å². The molecule has 132 valence electrons. The normalized spacial score (nSPS) is 10.3. The highest BCUT2D eigenvalue weighted by atomic mass is 32.2. The molecular formula is C15H17N5O4S. The number of nitrogens with zero attached hydrogens (tertiary/aromatic N) is 4. The van der Waals surface area contributed by atoms with Crippen molar-refractivity contribution < 1.29 is 14.5 Å². The molecule has 0 saturated heterocycles. The smallest absolute Gasteiger partial charge is 0.273 e. The number of amides is 1. The van der Waals surface area contributed by atoms with Gasteiger partial charge >= 0.3 is 0 Å². The van der Waals surface area contributed by atoms with Crippen molar-refractivity contribution in [3.63, 3.8) is 0 Å². The summed E-state index contributed by atoms with van der Waals surface area (Å²) in [6, 6.07) is 3.99. The summed E-state index contributed by atoms with van der Waals surface area (Å²) in [7, 11) is 1.38. The molecule has 1 aromatic carbocycles. The van der Waals surface area contributed by atoms with Gasteiger partial charge in [0.25, 0.3) is 5.69 Å². The molecule has 0 atom stereocenters. The molecule has 9 nitrogen and oxygen atoms in total. The summed E-state index contributed by atoms with van der Waals surface area (Å²) in [6.07, 6.45) is 1.72. The van der Waals surface area contributed by atoms with Crippen LogP contribution in [0.1, 0.15) is 5.82 Å². The Morgan fingerprint density at radius 2 is 2.28 bits per heavy atom. The van der Waals surface area contributed by atoms with Crippen LogP contribution in [0.2, 0.25) is 0 Å². The highest BCUT2D eigenvalue weighted by molar-refractivity contribution is 7.99. The molecule has 25 heavy (non-hydrogen) atoms. The van der Waals surface area contributed by atoms with Crippen LogP contribution < -0.4 is 10.1 Å². The van der Waals surface area contributed by atoms with Crippen LogP contribution in [0.4, 0.5) is 11.4 Å². The van der Waals surface area contributed by atoms with Crippen molar-refractivity contribution in [2.24, 2.45) is 0 Å². The van der Waals surface area contributed by atoms with E-state index in [1.807, 2.05) is 11.5 Å². The highest BCUT2D eigenvalue weighted by Crippen LogP contribution is 2.29. The average Bonchev–Trinajstić information content (AvgIpc) is 2.94. The van der Waals surface area contributed by atoms with Crippen LogP contribution in [0, 0.1) is 17.0 Å². The van der Waals surface area contributed by atoms with Gasteiger partial charge in [-0.25, -0.2) is 0 Å². The van der Waals surface area contributed by atoms with Crippen LogP contribution in [0.15, 0.2) is 36.0 Å². The lowest BCUT2D eigenvalue weighted by molar-refractivity contribution is -0.384. The number of nitro benzene ring substituents is 1. The summed E-state index contributed by atoms with van der Waals surface area (Å²) in [5, 5.41) is 22.1. The van der Waals surface area contributed by atoms with Crippen molar-refractivity contribution in [3.8, 4) is 5.75 Å². The van der Waals surface area contributed by atoms with Crippen molar-refractivity contribution >= 4 is 29.0 Å². The van der Waals surface area contributed by atoms with Crippen molar-refractivity contribution in [2.75, 3.05) is 18.2 Å². The number of carbonyl (C=O) groups is 1. The molecule has 0 aliphatic rings. The summed E-state index contributed by atoms with van der Waals surface area (Å²) in [5.41, 5.74) is 0.250. The quantitative estimate of drug-likeness (QED) is 0.332. The molecule has 2 aromatic rings. The number of nitrogens with one attached hydrogen (secondary N) is 1. The second-order valence-electron chi connectivity index (χ2n) is 4.91. The van der Waals surface area contributed by atoms with Gasteiger partial charge in [0.05, 0.1) is 29.5 Å². The van der Waals surface area contributed by atoms with E-state index in [0.717, 1.165) is 5.82 Å². The minimum atomic E-state index is -0.529. The van der Waals surface area contributed by atoms with Crippen LogP contribution in [0.3, 0.4) is 0 Å². The zero-order chi connectivity index (χ0) is 18.4. The van der Waals surface area contributed by atoms with E-state index in [2.05, 4.69) is 22.1 Å². The van der Waals surface area contributed by atoms with Gasteiger partial charge in [0.1, 0.15) is 11.6 Å². The lowest BCUT2D eigenvalue weighted by atomic mass is 10.2. The SMILES string of the molecule is C=CCn1c(C)nnc1SCC(=O)Nc1ccc([N+](=O)[O-])cc1OC. The van der Waals surface area contributed by atoms with Gasteiger partial charge in [-0.3, -0.25) is 14.9 Å². The van der Waals surface area contributed by atoms with Gasteiger partial charge in [-0.2, -0.15) is 0 Å². The van der Waals surface area contributed by atoms with Gasteiger partial charge in [0.2, 0.25) is 5.91 Å². The number of non-ortho nitro benzene ring substituents is 1. The third-order valence-electron chi connectivity index (χ3n) is 3.22. The van der Waals surface area contributed by atoms with E-state index in [0.29, 0.717) is 17.4 Å². The number of aryl methyl sites for hydroxylation is 1. The summed E-state index contributed by atoms with van der Waals surface area (Å²) in [6.45, 7) is 6.06. The fourth-order valence-corrected chi connectivity index (χ4v) is 2.81. The topological polar surface area (TPSA) is 112 Å². The molecule has 1 amide bonds. The number of aromatic nitrogens is 3. The van der Waals surface area contributed by atoms with Gasteiger partial charge in [-0.05, 0) is 13.0 Å². The maximum absolute atomic E-state index is 12.1. The van der Waals surface area contributed by atoms with Crippen LogP contribution in [0.5, 0.6) is 5.75 Å². The largest absolute Gasteiger partial charge is 0.494 e. The molecule has 0 saturated carbocycles. The second-order valence-corrected chi connectivity index (χ2v) is 5.85. The molecule has 0 bridgehead atoms. The van der Waals surface area contributed by atoms with Crippen molar-refractivity contribution in [1.29, 1.82) is 0 Å². The Morgan fingerprint density at radius 1 is 1.52 bits per heavy atom. The van der Waals surface area contributed by atoms with Gasteiger partial charge in [0.15, 0.2) is 5.16 Å². The van der Waals surface area contributed by atoms with E-state index in [1.165, 1.54) is 37.1 Å². The zero-order valence-corrected chi connectivity index (χ0v) is 14.6. The number of ether oxygens (including phenoxy) is 1. The van der Waals surface area contributed by atoms with Crippen LogP contribution in [-0.4, -0.2) is 38.5 Å². The molecule has 1 N–H and O–H groups in total. The summed E-state index contributed by atoms with van der Waals surface area (Å²) in [5.74, 6) is 0.774. The fourth-order valence-electron chi connectivity index (χ4n) is 2.02. The number of allylic oxidation sites excluding steroid dienone is 1. The first-order valence-electron chi connectivity index (χ1n) is 7.22. The Balaban J connectivity index is 2.03. The van der Waals surface area contributed by atoms with E-state index in [1.54, 1.807) is 6.08 Å². The molecule has 0 spiro atoms. The first-order chi connectivity index (χ1) is 12.0. The Hall–Kier alpha value is -2.88. The maximum atomic E-state index is 12.1. The average molecular weight is 363 g/mol. The standard InChI is InChI=1S/C15H17N5O4S/c1-4-7-19-10(2)17-18-15(19)25-9-14(21)16-12-6-5-11(20(22)23)8-13(12)24-3/h4-6,8H,1,7,9H2,2-3H3,(H,16,21). The predicted octanol–water partition coefficient (Wildman–Crippen LogP) is 2.42.